The average molecular weight is 171 g/mol. The van der Waals surface area contributed by atoms with Gasteiger partial charge in [-0.1, -0.05) is 0 Å². The van der Waals surface area contributed by atoms with E-state index >= 15 is 0 Å². The van der Waals surface area contributed by atoms with Gasteiger partial charge in [-0.2, -0.15) is 0 Å². The highest BCUT2D eigenvalue weighted by atomic mass is 16.5. The van der Waals surface area contributed by atoms with E-state index in [0.29, 0.717) is 0 Å². The van der Waals surface area contributed by atoms with Crippen LogP contribution in [0.15, 0.2) is 0 Å². The Kier molecular flexibility index (Phi) is 4.62. The molecule has 0 aliphatic carbocycles. The van der Waals surface area contributed by atoms with Gasteiger partial charge in [-0.25, -0.2) is 0 Å². The standard InChI is InChI=1S/C10H21NO/c1-3-12-9-5-8-11-7-4-6-10(11)2/h10H,3-9H2,1-2H3/t10-/m1/s1. The first-order chi connectivity index (χ1) is 5.84. The molecule has 12 heavy (non-hydrogen) atoms. The molecule has 1 heterocycles. The van der Waals surface area contributed by atoms with E-state index in [1.54, 1.807) is 0 Å². The Balaban J connectivity index is 1.98. The monoisotopic (exact) mass is 171 g/mol. The molecule has 0 amide bonds. The van der Waals surface area contributed by atoms with Crippen LogP contribution >= 0.6 is 0 Å². The Hall–Kier alpha value is -0.0800. The molecule has 1 atom stereocenters. The van der Waals surface area contributed by atoms with Crippen LogP contribution in [-0.2, 0) is 4.74 Å². The highest BCUT2D eigenvalue weighted by Gasteiger charge is 2.18. The fourth-order valence-corrected chi connectivity index (χ4v) is 1.84. The Bertz CT molecular complexity index is 116. The largest absolute Gasteiger partial charge is 0.382 e. The Morgan fingerprint density at radius 1 is 1.50 bits per heavy atom. The molecule has 1 aliphatic rings. The quantitative estimate of drug-likeness (QED) is 0.586. The predicted octanol–water partition coefficient (Wildman–Crippen LogP) is 1.90. The van der Waals surface area contributed by atoms with Crippen LogP contribution in [0.3, 0.4) is 0 Å². The van der Waals surface area contributed by atoms with Gasteiger partial charge in [-0.05, 0) is 39.7 Å². The molecule has 1 fully saturated rings. The van der Waals surface area contributed by atoms with Crippen LogP contribution in [-0.4, -0.2) is 37.2 Å². The molecule has 1 saturated heterocycles. The predicted molar refractivity (Wildman–Crippen MR) is 51.4 cm³/mol. The maximum absolute atomic E-state index is 5.30. The zero-order valence-electron chi connectivity index (χ0n) is 8.38. The first-order valence-electron chi connectivity index (χ1n) is 5.16. The first-order valence-corrected chi connectivity index (χ1v) is 5.16. The van der Waals surface area contributed by atoms with Gasteiger partial charge in [0.2, 0.25) is 0 Å². The van der Waals surface area contributed by atoms with Gasteiger partial charge in [0.1, 0.15) is 0 Å². The Labute approximate surface area is 75.9 Å². The van der Waals surface area contributed by atoms with E-state index in [1.165, 1.54) is 32.4 Å². The summed E-state index contributed by atoms with van der Waals surface area (Å²) in [6, 6.07) is 0.812. The smallest absolute Gasteiger partial charge is 0.0478 e. The number of likely N-dealkylation sites (tertiary alicyclic amines) is 1. The van der Waals surface area contributed by atoms with Gasteiger partial charge in [0.15, 0.2) is 0 Å². The van der Waals surface area contributed by atoms with E-state index in [-0.39, 0.29) is 0 Å². The normalized spacial score (nSPS) is 25.0. The third kappa shape index (κ3) is 3.11. The van der Waals surface area contributed by atoms with Crippen LogP contribution in [0.1, 0.15) is 33.1 Å². The van der Waals surface area contributed by atoms with Gasteiger partial charge in [-0.15, -0.1) is 0 Å². The number of ether oxygens (including phenoxy) is 1. The van der Waals surface area contributed by atoms with E-state index in [4.69, 9.17) is 4.74 Å². The minimum absolute atomic E-state index is 0.812. The van der Waals surface area contributed by atoms with E-state index in [0.717, 1.165) is 19.3 Å². The van der Waals surface area contributed by atoms with Crippen molar-refractivity contribution in [3.05, 3.63) is 0 Å². The second-order valence-electron chi connectivity index (χ2n) is 3.58. The van der Waals surface area contributed by atoms with Crippen molar-refractivity contribution in [3.63, 3.8) is 0 Å². The zero-order chi connectivity index (χ0) is 8.81. The highest BCUT2D eigenvalue weighted by Crippen LogP contribution is 2.15. The van der Waals surface area contributed by atoms with Crippen molar-refractivity contribution >= 4 is 0 Å². The molecule has 0 N–H and O–H groups in total. The molecular formula is C10H21NO. The summed E-state index contributed by atoms with van der Waals surface area (Å²) in [6.45, 7) is 8.69. The van der Waals surface area contributed by atoms with E-state index in [9.17, 15) is 0 Å². The molecule has 1 rings (SSSR count). The zero-order valence-corrected chi connectivity index (χ0v) is 8.38. The Morgan fingerprint density at radius 2 is 2.33 bits per heavy atom. The minimum Gasteiger partial charge on any atom is -0.382 e. The van der Waals surface area contributed by atoms with Gasteiger partial charge in [0.05, 0.1) is 0 Å². The van der Waals surface area contributed by atoms with Crippen LogP contribution in [0.5, 0.6) is 0 Å². The van der Waals surface area contributed by atoms with E-state index < -0.39 is 0 Å². The molecule has 2 heteroatoms. The molecule has 72 valence electrons. The average Bonchev–Trinajstić information content (AvgIpc) is 2.46. The maximum Gasteiger partial charge on any atom is 0.0478 e. The van der Waals surface area contributed by atoms with Gasteiger partial charge in [-0.3, -0.25) is 0 Å². The molecule has 0 saturated carbocycles. The maximum atomic E-state index is 5.30. The number of hydrogen-bond donors (Lipinski definition) is 0. The number of rotatable bonds is 5. The molecule has 0 aromatic rings. The lowest BCUT2D eigenvalue weighted by Crippen LogP contribution is -2.28. The minimum atomic E-state index is 0.812. The summed E-state index contributed by atoms with van der Waals surface area (Å²) in [5.74, 6) is 0. The van der Waals surface area contributed by atoms with Crippen LogP contribution < -0.4 is 0 Å². The third-order valence-corrected chi connectivity index (χ3v) is 2.63. The van der Waals surface area contributed by atoms with Crippen LogP contribution in [0.2, 0.25) is 0 Å². The fraction of sp³-hybridized carbons (Fsp3) is 1.00. The molecule has 0 spiro atoms. The second-order valence-corrected chi connectivity index (χ2v) is 3.58. The van der Waals surface area contributed by atoms with Crippen molar-refractivity contribution in [1.29, 1.82) is 0 Å². The van der Waals surface area contributed by atoms with Crippen molar-refractivity contribution in [2.75, 3.05) is 26.3 Å². The second kappa shape index (κ2) is 5.55. The summed E-state index contributed by atoms with van der Waals surface area (Å²) < 4.78 is 5.30. The van der Waals surface area contributed by atoms with Gasteiger partial charge in [0, 0.05) is 25.8 Å². The molecule has 0 bridgehead atoms. The van der Waals surface area contributed by atoms with E-state index in [1.807, 2.05) is 0 Å². The van der Waals surface area contributed by atoms with Crippen LogP contribution in [0.25, 0.3) is 0 Å². The fourth-order valence-electron chi connectivity index (χ4n) is 1.84. The van der Waals surface area contributed by atoms with Crippen molar-refractivity contribution < 1.29 is 4.74 Å². The summed E-state index contributed by atoms with van der Waals surface area (Å²) in [5.41, 5.74) is 0. The Morgan fingerprint density at radius 3 is 2.92 bits per heavy atom. The number of nitrogens with zero attached hydrogens (tertiary/aromatic N) is 1. The molecule has 0 aromatic heterocycles. The van der Waals surface area contributed by atoms with E-state index in [2.05, 4.69) is 18.7 Å². The van der Waals surface area contributed by atoms with Crippen LogP contribution in [0, 0.1) is 0 Å². The lowest BCUT2D eigenvalue weighted by molar-refractivity contribution is 0.131. The molecule has 0 unspecified atom stereocenters. The van der Waals surface area contributed by atoms with Crippen molar-refractivity contribution in [3.8, 4) is 0 Å². The molecule has 0 aromatic carbocycles. The van der Waals surface area contributed by atoms with Gasteiger partial charge in [0.25, 0.3) is 0 Å². The van der Waals surface area contributed by atoms with Gasteiger partial charge < -0.3 is 9.64 Å². The molecular weight excluding hydrogens is 150 g/mol. The molecule has 1 aliphatic heterocycles. The lowest BCUT2D eigenvalue weighted by Gasteiger charge is -2.20. The van der Waals surface area contributed by atoms with Crippen molar-refractivity contribution in [2.24, 2.45) is 0 Å². The summed E-state index contributed by atoms with van der Waals surface area (Å²) in [7, 11) is 0. The summed E-state index contributed by atoms with van der Waals surface area (Å²) in [4.78, 5) is 2.57. The first kappa shape index (κ1) is 10.0. The summed E-state index contributed by atoms with van der Waals surface area (Å²) >= 11 is 0. The molecule has 2 nitrogen and oxygen atoms in total. The SMILES string of the molecule is CCOCCCN1CCC[C@H]1C. The van der Waals surface area contributed by atoms with Crippen molar-refractivity contribution in [1.82, 2.24) is 4.90 Å². The summed E-state index contributed by atoms with van der Waals surface area (Å²) in [6.07, 6.45) is 3.96. The highest BCUT2D eigenvalue weighted by molar-refractivity contribution is 4.74. The van der Waals surface area contributed by atoms with Gasteiger partial charge >= 0.3 is 0 Å². The summed E-state index contributed by atoms with van der Waals surface area (Å²) in [5, 5.41) is 0. The van der Waals surface area contributed by atoms with Crippen LogP contribution in [0.4, 0.5) is 0 Å². The molecule has 0 radical (unpaired) electrons. The lowest BCUT2D eigenvalue weighted by atomic mass is 10.2. The topological polar surface area (TPSA) is 12.5 Å². The third-order valence-electron chi connectivity index (χ3n) is 2.63. The number of hydrogen-bond acceptors (Lipinski definition) is 2. The van der Waals surface area contributed by atoms with Crippen molar-refractivity contribution in [2.45, 2.75) is 39.2 Å².